The summed E-state index contributed by atoms with van der Waals surface area (Å²) in [5.74, 6) is -0.461. The zero-order valence-electron chi connectivity index (χ0n) is 13.4. The number of benzene rings is 1. The van der Waals surface area contributed by atoms with Gasteiger partial charge in [0.15, 0.2) is 0 Å². The molecule has 2 aromatic rings. The molecule has 7 nitrogen and oxygen atoms in total. The lowest BCUT2D eigenvalue weighted by Crippen LogP contribution is -2.39. The van der Waals surface area contributed by atoms with Crippen molar-refractivity contribution in [3.05, 3.63) is 62.8 Å². The van der Waals surface area contributed by atoms with Gasteiger partial charge in [0, 0.05) is 5.56 Å². The first-order chi connectivity index (χ1) is 11.1. The van der Waals surface area contributed by atoms with E-state index in [0.29, 0.717) is 23.2 Å². The monoisotopic (exact) mass is 336 g/mol. The molecule has 2 rings (SSSR count). The van der Waals surface area contributed by atoms with E-state index in [4.69, 9.17) is 4.42 Å². The molecule has 0 saturated carbocycles. The van der Waals surface area contributed by atoms with Crippen LogP contribution in [0.3, 0.4) is 0 Å². The number of aryl methyl sites for hydroxylation is 2. The molecule has 0 aliphatic rings. The summed E-state index contributed by atoms with van der Waals surface area (Å²) >= 11 is 0. The Morgan fingerprint density at radius 2 is 2.08 bits per heavy atom. The number of aliphatic hydroxyl groups is 1. The van der Waals surface area contributed by atoms with Crippen LogP contribution in [0.2, 0.25) is 0 Å². The number of carbonyl (C=O) groups is 1. The van der Waals surface area contributed by atoms with Crippen molar-refractivity contribution in [1.29, 1.82) is 0 Å². The first-order valence-electron chi connectivity index (χ1n) is 7.14. The van der Waals surface area contributed by atoms with Crippen molar-refractivity contribution in [3.8, 4) is 0 Å². The van der Waals surface area contributed by atoms with Gasteiger partial charge in [-0.2, -0.15) is 0 Å². The second kappa shape index (κ2) is 6.40. The number of hydrogen-bond acceptors (Lipinski definition) is 5. The van der Waals surface area contributed by atoms with Gasteiger partial charge in [-0.1, -0.05) is 0 Å². The molecule has 0 spiro atoms. The lowest BCUT2D eigenvalue weighted by Gasteiger charge is -2.23. The summed E-state index contributed by atoms with van der Waals surface area (Å²) in [5.41, 5.74) is -1.83. The van der Waals surface area contributed by atoms with Crippen molar-refractivity contribution < 1.29 is 23.6 Å². The van der Waals surface area contributed by atoms with Crippen LogP contribution in [0.4, 0.5) is 10.1 Å². The van der Waals surface area contributed by atoms with Crippen molar-refractivity contribution in [1.82, 2.24) is 5.32 Å². The summed E-state index contributed by atoms with van der Waals surface area (Å²) in [6.07, 6.45) is 0. The maximum absolute atomic E-state index is 13.1. The first-order valence-corrected chi connectivity index (χ1v) is 7.14. The smallest absolute Gasteiger partial charge is 0.285 e. The van der Waals surface area contributed by atoms with Gasteiger partial charge in [-0.05, 0) is 39.0 Å². The summed E-state index contributed by atoms with van der Waals surface area (Å²) in [4.78, 5) is 22.3. The Labute approximate surface area is 137 Å². The van der Waals surface area contributed by atoms with Crippen molar-refractivity contribution in [3.63, 3.8) is 0 Å². The summed E-state index contributed by atoms with van der Waals surface area (Å²) in [5, 5.41) is 23.9. The molecule has 1 aromatic carbocycles. The van der Waals surface area contributed by atoms with Crippen LogP contribution in [-0.2, 0) is 5.60 Å². The number of nitro groups is 1. The maximum Gasteiger partial charge on any atom is 0.285 e. The molecule has 8 heteroatoms. The molecule has 24 heavy (non-hydrogen) atoms. The third-order valence-corrected chi connectivity index (χ3v) is 3.62. The number of hydrogen-bond donors (Lipinski definition) is 2. The number of carbonyl (C=O) groups excluding carboxylic acids is 1. The molecular formula is C16H17FN2O5. The van der Waals surface area contributed by atoms with Gasteiger partial charge in [0.2, 0.25) is 0 Å². The summed E-state index contributed by atoms with van der Waals surface area (Å²) in [7, 11) is 0. The van der Waals surface area contributed by atoms with Gasteiger partial charge in [-0.3, -0.25) is 14.9 Å². The molecule has 0 saturated heterocycles. The topological polar surface area (TPSA) is 106 Å². The van der Waals surface area contributed by atoms with Gasteiger partial charge in [0.1, 0.15) is 28.5 Å². The van der Waals surface area contributed by atoms with E-state index in [0.717, 1.165) is 12.1 Å². The number of nitro benzene ring substituents is 1. The Bertz CT molecular complexity index is 798. The number of nitrogens with zero attached hydrogens (tertiary/aromatic N) is 1. The number of halogens is 1. The Morgan fingerprint density at radius 1 is 1.42 bits per heavy atom. The van der Waals surface area contributed by atoms with Crippen molar-refractivity contribution in [2.45, 2.75) is 26.4 Å². The largest absolute Gasteiger partial charge is 0.466 e. The second-order valence-electron chi connectivity index (χ2n) is 5.70. The molecule has 1 aromatic heterocycles. The molecular weight excluding hydrogens is 319 g/mol. The number of amides is 1. The first kappa shape index (κ1) is 17.6. The van der Waals surface area contributed by atoms with E-state index in [2.05, 4.69) is 5.32 Å². The van der Waals surface area contributed by atoms with Crippen LogP contribution in [-0.4, -0.2) is 22.5 Å². The van der Waals surface area contributed by atoms with Crippen LogP contribution in [0.25, 0.3) is 0 Å². The van der Waals surface area contributed by atoms with Crippen molar-refractivity contribution >= 4 is 11.6 Å². The zero-order chi connectivity index (χ0) is 18.1. The van der Waals surface area contributed by atoms with E-state index in [9.17, 15) is 24.4 Å². The fraction of sp³-hybridized carbons (Fsp3) is 0.312. The minimum absolute atomic E-state index is 0.194. The van der Waals surface area contributed by atoms with E-state index in [1.165, 1.54) is 6.92 Å². The quantitative estimate of drug-likeness (QED) is 0.645. The average molecular weight is 336 g/mol. The molecule has 0 aliphatic heterocycles. The summed E-state index contributed by atoms with van der Waals surface area (Å²) in [6, 6.07) is 4.33. The highest BCUT2D eigenvalue weighted by Gasteiger charge is 2.29. The highest BCUT2D eigenvalue weighted by molar-refractivity contribution is 5.98. The van der Waals surface area contributed by atoms with Gasteiger partial charge in [-0.15, -0.1) is 0 Å². The average Bonchev–Trinajstić information content (AvgIpc) is 2.84. The maximum atomic E-state index is 13.1. The molecule has 1 atom stereocenters. The molecule has 1 amide bonds. The standard InChI is InChI=1S/C16H17FN2O5/c1-9-6-13(10(2)24-9)16(3,21)8-18-15(20)12-5-4-11(17)7-14(12)19(22)23/h4-7,21H,8H2,1-3H3,(H,18,20). The lowest BCUT2D eigenvalue weighted by molar-refractivity contribution is -0.385. The van der Waals surface area contributed by atoms with Gasteiger partial charge in [0.05, 0.1) is 17.5 Å². The Hall–Kier alpha value is -2.74. The normalized spacial score (nSPS) is 13.4. The molecule has 128 valence electrons. The van der Waals surface area contributed by atoms with E-state index in [1.54, 1.807) is 19.9 Å². The zero-order valence-corrected chi connectivity index (χ0v) is 13.4. The Morgan fingerprint density at radius 3 is 2.62 bits per heavy atom. The Kier molecular flexibility index (Phi) is 4.70. The number of rotatable bonds is 5. The molecule has 0 aliphatic carbocycles. The van der Waals surface area contributed by atoms with Gasteiger partial charge in [-0.25, -0.2) is 4.39 Å². The SMILES string of the molecule is Cc1cc(C(C)(O)CNC(=O)c2ccc(F)cc2[N+](=O)[O-])c(C)o1. The highest BCUT2D eigenvalue weighted by Crippen LogP contribution is 2.27. The third kappa shape index (κ3) is 3.60. The second-order valence-corrected chi connectivity index (χ2v) is 5.70. The van der Waals surface area contributed by atoms with E-state index in [-0.39, 0.29) is 12.1 Å². The summed E-state index contributed by atoms with van der Waals surface area (Å²) < 4.78 is 18.5. The highest BCUT2D eigenvalue weighted by atomic mass is 19.1. The van der Waals surface area contributed by atoms with Crippen LogP contribution in [0, 0.1) is 29.8 Å². The fourth-order valence-corrected chi connectivity index (χ4v) is 2.46. The molecule has 1 unspecified atom stereocenters. The van der Waals surface area contributed by atoms with Gasteiger partial charge >= 0.3 is 0 Å². The molecule has 1 heterocycles. The molecule has 0 bridgehead atoms. The van der Waals surface area contributed by atoms with Crippen LogP contribution in [0.1, 0.15) is 34.4 Å². The Balaban J connectivity index is 2.19. The van der Waals surface area contributed by atoms with E-state index >= 15 is 0 Å². The predicted octanol–water partition coefficient (Wildman–Crippen LogP) is 2.58. The molecule has 2 N–H and O–H groups in total. The van der Waals surface area contributed by atoms with Crippen LogP contribution >= 0.6 is 0 Å². The van der Waals surface area contributed by atoms with Crippen LogP contribution in [0.15, 0.2) is 28.7 Å². The van der Waals surface area contributed by atoms with E-state index in [1.807, 2.05) is 0 Å². The molecule has 0 radical (unpaired) electrons. The third-order valence-electron chi connectivity index (χ3n) is 3.62. The minimum atomic E-state index is -1.42. The lowest BCUT2D eigenvalue weighted by atomic mass is 9.96. The summed E-state index contributed by atoms with van der Waals surface area (Å²) in [6.45, 7) is 4.71. The number of nitrogens with one attached hydrogen (secondary N) is 1. The fourth-order valence-electron chi connectivity index (χ4n) is 2.46. The van der Waals surface area contributed by atoms with Gasteiger partial charge < -0.3 is 14.8 Å². The van der Waals surface area contributed by atoms with Crippen molar-refractivity contribution in [2.24, 2.45) is 0 Å². The van der Waals surface area contributed by atoms with Crippen LogP contribution < -0.4 is 5.32 Å². The van der Waals surface area contributed by atoms with Gasteiger partial charge in [0.25, 0.3) is 11.6 Å². The van der Waals surface area contributed by atoms with Crippen molar-refractivity contribution in [2.75, 3.05) is 6.54 Å². The van der Waals surface area contributed by atoms with Crippen LogP contribution in [0.5, 0.6) is 0 Å². The molecule has 0 fully saturated rings. The predicted molar refractivity (Wildman–Crippen MR) is 83.1 cm³/mol. The van der Waals surface area contributed by atoms with E-state index < -0.39 is 27.9 Å². The number of furan rings is 1. The minimum Gasteiger partial charge on any atom is -0.466 e.